The summed E-state index contributed by atoms with van der Waals surface area (Å²) in [5.41, 5.74) is 0.426. The third kappa shape index (κ3) is 2.93. The molecule has 2 aromatic rings. The van der Waals surface area contributed by atoms with Gasteiger partial charge in [0.2, 0.25) is 11.8 Å². The molecule has 4 nitrogen and oxygen atoms in total. The van der Waals surface area contributed by atoms with Gasteiger partial charge in [-0.25, -0.2) is 4.39 Å². The van der Waals surface area contributed by atoms with Gasteiger partial charge in [0.1, 0.15) is 5.82 Å². The Hall–Kier alpha value is -1.46. The Bertz CT molecular complexity index is 583. The van der Waals surface area contributed by atoms with Crippen LogP contribution in [0.5, 0.6) is 0 Å². The van der Waals surface area contributed by atoms with E-state index in [0.717, 1.165) is 6.54 Å². The molecule has 6 heteroatoms. The van der Waals surface area contributed by atoms with Crippen LogP contribution in [0.25, 0.3) is 11.5 Å². The van der Waals surface area contributed by atoms with Gasteiger partial charge >= 0.3 is 0 Å². The van der Waals surface area contributed by atoms with E-state index in [4.69, 9.17) is 16.0 Å². The zero-order valence-electron chi connectivity index (χ0n) is 10.2. The molecule has 0 unspecified atom stereocenters. The maximum Gasteiger partial charge on any atom is 0.249 e. The molecule has 0 radical (unpaired) electrons. The van der Waals surface area contributed by atoms with Crippen LogP contribution in [0.1, 0.15) is 18.7 Å². The lowest BCUT2D eigenvalue weighted by atomic mass is 10.2. The lowest BCUT2D eigenvalue weighted by molar-refractivity contribution is 0.493. The minimum atomic E-state index is -0.491. The smallest absolute Gasteiger partial charge is 0.249 e. The summed E-state index contributed by atoms with van der Waals surface area (Å²) in [4.78, 5) is 0. The fourth-order valence-electron chi connectivity index (χ4n) is 1.80. The van der Waals surface area contributed by atoms with Gasteiger partial charge < -0.3 is 9.73 Å². The monoisotopic (exact) mass is 281 g/mol. The summed E-state index contributed by atoms with van der Waals surface area (Å²) in [5.74, 6) is 0.295. The first-order valence-corrected chi connectivity index (χ1v) is 6.62. The first-order valence-electron chi connectivity index (χ1n) is 6.24. The molecule has 0 atom stereocenters. The van der Waals surface area contributed by atoms with Gasteiger partial charge in [-0.2, -0.15) is 0 Å². The molecule has 1 saturated carbocycles. The molecule has 1 aromatic heterocycles. The van der Waals surface area contributed by atoms with Crippen LogP contribution in [0.15, 0.2) is 22.6 Å². The van der Waals surface area contributed by atoms with Crippen molar-refractivity contribution >= 4 is 11.6 Å². The first-order chi connectivity index (χ1) is 9.24. The average Bonchev–Trinajstić information content (AvgIpc) is 3.10. The fraction of sp³-hybridized carbons (Fsp3) is 0.385. The quantitative estimate of drug-likeness (QED) is 0.916. The van der Waals surface area contributed by atoms with Gasteiger partial charge in [0.25, 0.3) is 0 Å². The number of aromatic nitrogens is 2. The summed E-state index contributed by atoms with van der Waals surface area (Å²) in [7, 11) is 0. The number of hydrogen-bond donors (Lipinski definition) is 1. The highest BCUT2D eigenvalue weighted by molar-refractivity contribution is 6.33. The van der Waals surface area contributed by atoms with Gasteiger partial charge in [0, 0.05) is 19.0 Å². The van der Waals surface area contributed by atoms with Crippen LogP contribution < -0.4 is 5.32 Å². The van der Waals surface area contributed by atoms with Crippen molar-refractivity contribution in [2.24, 2.45) is 0 Å². The molecule has 3 rings (SSSR count). The van der Waals surface area contributed by atoms with Crippen molar-refractivity contribution < 1.29 is 8.81 Å². The van der Waals surface area contributed by atoms with Gasteiger partial charge in [-0.3, -0.25) is 0 Å². The van der Waals surface area contributed by atoms with Crippen molar-refractivity contribution in [3.63, 3.8) is 0 Å². The molecular weight excluding hydrogens is 269 g/mol. The molecule has 1 aliphatic rings. The van der Waals surface area contributed by atoms with E-state index in [1.807, 2.05) is 0 Å². The van der Waals surface area contributed by atoms with Crippen LogP contribution >= 0.6 is 11.6 Å². The van der Waals surface area contributed by atoms with Crippen LogP contribution in [0.2, 0.25) is 5.02 Å². The molecule has 1 heterocycles. The number of nitrogens with zero attached hydrogens (tertiary/aromatic N) is 2. The van der Waals surface area contributed by atoms with Crippen molar-refractivity contribution in [1.82, 2.24) is 15.5 Å². The largest absolute Gasteiger partial charge is 0.421 e. The Morgan fingerprint density at radius 2 is 2.21 bits per heavy atom. The molecule has 0 bridgehead atoms. The van der Waals surface area contributed by atoms with E-state index < -0.39 is 5.82 Å². The highest BCUT2D eigenvalue weighted by Crippen LogP contribution is 2.28. The summed E-state index contributed by atoms with van der Waals surface area (Å²) in [6.07, 6.45) is 3.15. The second-order valence-electron chi connectivity index (χ2n) is 4.58. The van der Waals surface area contributed by atoms with Crippen molar-refractivity contribution in [3.8, 4) is 11.5 Å². The van der Waals surface area contributed by atoms with Crippen molar-refractivity contribution in [1.29, 1.82) is 0 Å². The number of rotatable bonds is 5. The van der Waals surface area contributed by atoms with E-state index in [9.17, 15) is 4.39 Å². The van der Waals surface area contributed by atoms with E-state index >= 15 is 0 Å². The normalized spacial score (nSPS) is 14.8. The highest BCUT2D eigenvalue weighted by Gasteiger charge is 2.20. The van der Waals surface area contributed by atoms with Crippen molar-refractivity contribution in [2.75, 3.05) is 6.54 Å². The standard InChI is InChI=1S/C13H13ClFN3O/c14-12-9(2-1-3-10(12)15)13-18-17-11(19-13)6-7-16-8-4-5-8/h1-3,8,16H,4-7H2. The predicted octanol–water partition coefficient (Wildman–Crippen LogP) is 2.82. The van der Waals surface area contributed by atoms with E-state index in [2.05, 4.69) is 15.5 Å². The second-order valence-corrected chi connectivity index (χ2v) is 4.96. The van der Waals surface area contributed by atoms with Crippen LogP contribution in [-0.4, -0.2) is 22.8 Å². The second kappa shape index (κ2) is 5.27. The minimum absolute atomic E-state index is 0.00815. The summed E-state index contributed by atoms with van der Waals surface area (Å²) in [6, 6.07) is 5.17. The number of hydrogen-bond acceptors (Lipinski definition) is 4. The lowest BCUT2D eigenvalue weighted by Gasteiger charge is -2.00. The Kier molecular flexibility index (Phi) is 3.48. The Morgan fingerprint density at radius 1 is 1.37 bits per heavy atom. The molecule has 1 aliphatic carbocycles. The van der Waals surface area contributed by atoms with Crippen LogP contribution in [-0.2, 0) is 6.42 Å². The summed E-state index contributed by atoms with van der Waals surface area (Å²) >= 11 is 5.88. The van der Waals surface area contributed by atoms with Gasteiger partial charge in [-0.1, -0.05) is 17.7 Å². The average molecular weight is 282 g/mol. The molecule has 0 saturated heterocycles. The zero-order chi connectivity index (χ0) is 13.2. The first kappa shape index (κ1) is 12.6. The third-order valence-electron chi connectivity index (χ3n) is 3.00. The van der Waals surface area contributed by atoms with Crippen LogP contribution in [0, 0.1) is 5.82 Å². The molecule has 1 fully saturated rings. The molecule has 100 valence electrons. The van der Waals surface area contributed by atoms with E-state index in [1.54, 1.807) is 12.1 Å². The number of benzene rings is 1. The fourth-order valence-corrected chi connectivity index (χ4v) is 2.01. The zero-order valence-corrected chi connectivity index (χ0v) is 11.0. The van der Waals surface area contributed by atoms with Crippen molar-refractivity contribution in [2.45, 2.75) is 25.3 Å². The molecule has 19 heavy (non-hydrogen) atoms. The number of nitrogens with one attached hydrogen (secondary N) is 1. The molecule has 0 amide bonds. The maximum atomic E-state index is 13.3. The molecular formula is C13H13ClFN3O. The molecule has 1 N–H and O–H groups in total. The Labute approximate surface area is 115 Å². The van der Waals surface area contributed by atoms with Crippen LogP contribution in [0.4, 0.5) is 4.39 Å². The minimum Gasteiger partial charge on any atom is -0.421 e. The van der Waals surface area contributed by atoms with Gasteiger partial charge in [0.05, 0.1) is 10.6 Å². The molecule has 0 spiro atoms. The third-order valence-corrected chi connectivity index (χ3v) is 3.38. The van der Waals surface area contributed by atoms with E-state index in [-0.39, 0.29) is 10.9 Å². The Morgan fingerprint density at radius 3 is 3.00 bits per heavy atom. The highest BCUT2D eigenvalue weighted by atomic mass is 35.5. The van der Waals surface area contributed by atoms with Gasteiger partial charge in [-0.15, -0.1) is 10.2 Å². The van der Waals surface area contributed by atoms with Gasteiger partial charge in [0.15, 0.2) is 0 Å². The lowest BCUT2D eigenvalue weighted by Crippen LogP contribution is -2.19. The van der Waals surface area contributed by atoms with Gasteiger partial charge in [-0.05, 0) is 25.0 Å². The number of halogens is 2. The van der Waals surface area contributed by atoms with Crippen LogP contribution in [0.3, 0.4) is 0 Å². The van der Waals surface area contributed by atoms with E-state index in [0.29, 0.717) is 23.9 Å². The maximum absolute atomic E-state index is 13.3. The molecule has 1 aromatic carbocycles. The molecule has 0 aliphatic heterocycles. The van der Waals surface area contributed by atoms with E-state index in [1.165, 1.54) is 18.9 Å². The SMILES string of the molecule is Fc1cccc(-c2nnc(CCNC3CC3)o2)c1Cl. The summed E-state index contributed by atoms with van der Waals surface area (Å²) in [5, 5.41) is 11.2. The topological polar surface area (TPSA) is 51.0 Å². The summed E-state index contributed by atoms with van der Waals surface area (Å²) in [6.45, 7) is 0.809. The predicted molar refractivity (Wildman–Crippen MR) is 69.4 cm³/mol. The summed E-state index contributed by atoms with van der Waals surface area (Å²) < 4.78 is 18.8. The van der Waals surface area contributed by atoms with Crippen molar-refractivity contribution in [3.05, 3.63) is 34.9 Å². The Balaban J connectivity index is 1.70.